The van der Waals surface area contributed by atoms with Crippen molar-refractivity contribution in [2.75, 3.05) is 49.6 Å². The molecule has 1 saturated heterocycles. The van der Waals surface area contributed by atoms with E-state index in [4.69, 9.17) is 23.8 Å². The maximum atomic E-state index is 11.2. The lowest BCUT2D eigenvalue weighted by atomic mass is 10.2. The topological polar surface area (TPSA) is 61.6 Å². The van der Waals surface area contributed by atoms with Gasteiger partial charge in [-0.25, -0.2) is 0 Å². The van der Waals surface area contributed by atoms with E-state index in [1.165, 1.54) is 6.07 Å². The Bertz CT molecular complexity index is 595. The quantitative estimate of drug-likeness (QED) is 0.348. The third-order valence-electron chi connectivity index (χ3n) is 3.84. The first kappa shape index (κ1) is 19.1. The molecule has 2 rings (SSSR count). The molecule has 1 heterocycles. The van der Waals surface area contributed by atoms with E-state index in [1.807, 2.05) is 16.7 Å². The Balaban J connectivity index is 1.91. The second-order valence-electron chi connectivity index (χ2n) is 5.44. The first-order valence-electron chi connectivity index (χ1n) is 7.73. The van der Waals surface area contributed by atoms with Crippen molar-refractivity contribution in [3.63, 3.8) is 0 Å². The van der Waals surface area contributed by atoms with Gasteiger partial charge >= 0.3 is 0 Å². The average Bonchev–Trinajstić information content (AvgIpc) is 2.58. The van der Waals surface area contributed by atoms with E-state index in [9.17, 15) is 10.1 Å². The molecule has 0 radical (unpaired) electrons. The zero-order chi connectivity index (χ0) is 17.5. The van der Waals surface area contributed by atoms with Gasteiger partial charge in [-0.3, -0.25) is 10.1 Å². The third kappa shape index (κ3) is 5.12. The highest BCUT2D eigenvalue weighted by molar-refractivity contribution is 7.98. The zero-order valence-electron chi connectivity index (χ0n) is 13.5. The van der Waals surface area contributed by atoms with Crippen molar-refractivity contribution in [3.05, 3.63) is 33.3 Å². The SMILES string of the molecule is CSCCCNC(=S)N1CCN(c2ccc(Cl)cc2[N+](=O)[O-])CC1. The number of rotatable bonds is 6. The predicted molar refractivity (Wildman–Crippen MR) is 105 cm³/mol. The van der Waals surface area contributed by atoms with Crippen molar-refractivity contribution in [3.8, 4) is 0 Å². The molecule has 1 fully saturated rings. The summed E-state index contributed by atoms with van der Waals surface area (Å²) >= 11 is 13.1. The summed E-state index contributed by atoms with van der Waals surface area (Å²) in [6.07, 6.45) is 3.17. The summed E-state index contributed by atoms with van der Waals surface area (Å²) in [6, 6.07) is 4.81. The van der Waals surface area contributed by atoms with Crippen LogP contribution in [0.4, 0.5) is 11.4 Å². The van der Waals surface area contributed by atoms with Gasteiger partial charge in [-0.2, -0.15) is 11.8 Å². The summed E-state index contributed by atoms with van der Waals surface area (Å²) < 4.78 is 0. The molecule has 1 aliphatic rings. The summed E-state index contributed by atoms with van der Waals surface area (Å²) in [5, 5.41) is 15.7. The molecular weight excluding hydrogens is 368 g/mol. The van der Waals surface area contributed by atoms with Gasteiger partial charge in [0.05, 0.1) is 4.92 Å². The lowest BCUT2D eigenvalue weighted by molar-refractivity contribution is -0.384. The molecule has 6 nitrogen and oxygen atoms in total. The molecule has 0 amide bonds. The van der Waals surface area contributed by atoms with Crippen LogP contribution in [0.15, 0.2) is 18.2 Å². The number of hydrogen-bond acceptors (Lipinski definition) is 5. The Morgan fingerprint density at radius 3 is 2.75 bits per heavy atom. The lowest BCUT2D eigenvalue weighted by Crippen LogP contribution is -2.52. The van der Waals surface area contributed by atoms with Crippen LogP contribution in [0.3, 0.4) is 0 Å². The van der Waals surface area contributed by atoms with E-state index in [-0.39, 0.29) is 10.6 Å². The van der Waals surface area contributed by atoms with Crippen molar-refractivity contribution in [2.24, 2.45) is 0 Å². The number of nitro groups is 1. The van der Waals surface area contributed by atoms with Gasteiger partial charge in [0.1, 0.15) is 5.69 Å². The minimum atomic E-state index is -0.383. The molecule has 0 unspecified atom stereocenters. The van der Waals surface area contributed by atoms with E-state index < -0.39 is 0 Å². The van der Waals surface area contributed by atoms with Crippen LogP contribution in [0.1, 0.15) is 6.42 Å². The number of thiocarbonyl (C=S) groups is 1. The molecule has 1 N–H and O–H groups in total. The van der Waals surface area contributed by atoms with Crippen LogP contribution >= 0.6 is 35.6 Å². The Hall–Kier alpha value is -1.25. The Morgan fingerprint density at radius 1 is 1.42 bits per heavy atom. The fourth-order valence-electron chi connectivity index (χ4n) is 2.58. The monoisotopic (exact) mass is 388 g/mol. The average molecular weight is 389 g/mol. The van der Waals surface area contributed by atoms with E-state index in [0.717, 1.165) is 36.9 Å². The lowest BCUT2D eigenvalue weighted by Gasteiger charge is -2.37. The predicted octanol–water partition coefficient (Wildman–Crippen LogP) is 3.00. The normalized spacial score (nSPS) is 14.6. The molecule has 0 bridgehead atoms. The molecule has 0 atom stereocenters. The molecule has 0 saturated carbocycles. The molecular formula is C15H21ClN4O2S2. The number of benzene rings is 1. The fourth-order valence-corrected chi connectivity index (χ4v) is 3.47. The highest BCUT2D eigenvalue weighted by Crippen LogP contribution is 2.31. The van der Waals surface area contributed by atoms with E-state index >= 15 is 0 Å². The maximum absolute atomic E-state index is 11.2. The number of thioether (sulfide) groups is 1. The van der Waals surface area contributed by atoms with E-state index in [2.05, 4.69) is 16.5 Å². The Morgan fingerprint density at radius 2 is 2.12 bits per heavy atom. The summed E-state index contributed by atoms with van der Waals surface area (Å²) in [4.78, 5) is 15.0. The highest BCUT2D eigenvalue weighted by atomic mass is 35.5. The largest absolute Gasteiger partial charge is 0.363 e. The summed E-state index contributed by atoms with van der Waals surface area (Å²) in [5.41, 5.74) is 0.664. The van der Waals surface area contributed by atoms with Crippen LogP contribution in [0, 0.1) is 10.1 Å². The van der Waals surface area contributed by atoms with Gasteiger partial charge < -0.3 is 15.1 Å². The van der Waals surface area contributed by atoms with Crippen LogP contribution < -0.4 is 10.2 Å². The summed E-state index contributed by atoms with van der Waals surface area (Å²) in [5.74, 6) is 1.11. The second kappa shape index (κ2) is 9.29. The number of hydrogen-bond donors (Lipinski definition) is 1. The molecule has 1 aromatic rings. The van der Waals surface area contributed by atoms with Crippen molar-refractivity contribution in [1.29, 1.82) is 0 Å². The molecule has 0 spiro atoms. The maximum Gasteiger partial charge on any atom is 0.294 e. The number of piperazine rings is 1. The number of nitrogens with one attached hydrogen (secondary N) is 1. The summed E-state index contributed by atoms with van der Waals surface area (Å²) in [7, 11) is 0. The molecule has 1 aromatic carbocycles. The Labute approximate surface area is 156 Å². The fraction of sp³-hybridized carbons (Fsp3) is 0.533. The zero-order valence-corrected chi connectivity index (χ0v) is 15.9. The number of anilines is 1. The highest BCUT2D eigenvalue weighted by Gasteiger charge is 2.24. The van der Waals surface area contributed by atoms with Crippen LogP contribution in [0.25, 0.3) is 0 Å². The van der Waals surface area contributed by atoms with Crippen LogP contribution in [-0.4, -0.2) is 59.7 Å². The van der Waals surface area contributed by atoms with Gasteiger partial charge in [0, 0.05) is 43.8 Å². The third-order valence-corrected chi connectivity index (χ3v) is 5.18. The van der Waals surface area contributed by atoms with Crippen LogP contribution in [0.5, 0.6) is 0 Å². The minimum absolute atomic E-state index is 0.0497. The van der Waals surface area contributed by atoms with Gasteiger partial charge in [-0.15, -0.1) is 0 Å². The number of nitrogens with zero attached hydrogens (tertiary/aromatic N) is 3. The molecule has 0 aromatic heterocycles. The molecule has 24 heavy (non-hydrogen) atoms. The van der Waals surface area contributed by atoms with Gasteiger partial charge in [-0.05, 0) is 42.8 Å². The van der Waals surface area contributed by atoms with E-state index in [1.54, 1.807) is 12.1 Å². The van der Waals surface area contributed by atoms with Gasteiger partial charge in [0.2, 0.25) is 0 Å². The minimum Gasteiger partial charge on any atom is -0.363 e. The second-order valence-corrected chi connectivity index (χ2v) is 7.25. The van der Waals surface area contributed by atoms with Crippen molar-refractivity contribution in [1.82, 2.24) is 10.2 Å². The standard InChI is InChI=1S/C15H21ClN4O2S2/c1-24-10-2-5-17-15(23)19-8-6-18(7-9-19)13-4-3-12(16)11-14(13)20(21)22/h3-4,11H,2,5-10H2,1H3,(H,17,23). The first-order valence-corrected chi connectivity index (χ1v) is 9.91. The number of halogens is 1. The molecule has 0 aliphatic carbocycles. The van der Waals surface area contributed by atoms with Crippen molar-refractivity contribution >= 4 is 52.1 Å². The van der Waals surface area contributed by atoms with Gasteiger partial charge in [-0.1, -0.05) is 11.6 Å². The Kier molecular flexibility index (Phi) is 7.39. The molecule has 132 valence electrons. The van der Waals surface area contributed by atoms with Gasteiger partial charge in [0.25, 0.3) is 5.69 Å². The van der Waals surface area contributed by atoms with Crippen LogP contribution in [-0.2, 0) is 0 Å². The van der Waals surface area contributed by atoms with Crippen LogP contribution in [0.2, 0.25) is 5.02 Å². The smallest absolute Gasteiger partial charge is 0.294 e. The summed E-state index contributed by atoms with van der Waals surface area (Å²) in [6.45, 7) is 3.75. The molecule has 9 heteroatoms. The molecule has 1 aliphatic heterocycles. The van der Waals surface area contributed by atoms with E-state index in [0.29, 0.717) is 23.8 Å². The van der Waals surface area contributed by atoms with Crippen molar-refractivity contribution in [2.45, 2.75) is 6.42 Å². The van der Waals surface area contributed by atoms with Gasteiger partial charge in [0.15, 0.2) is 5.11 Å². The first-order chi connectivity index (χ1) is 11.5. The van der Waals surface area contributed by atoms with Crippen molar-refractivity contribution < 1.29 is 4.92 Å². The number of nitro benzene ring substituents is 1.